The van der Waals surface area contributed by atoms with Gasteiger partial charge in [-0.2, -0.15) is 0 Å². The molecule has 2 N–H and O–H groups in total. The van der Waals surface area contributed by atoms with Gasteiger partial charge in [-0.05, 0) is 35.9 Å². The predicted octanol–water partition coefficient (Wildman–Crippen LogP) is 2.94. The van der Waals surface area contributed by atoms with Gasteiger partial charge in [0.2, 0.25) is 0 Å². The average Bonchev–Trinajstić information content (AvgIpc) is 3.06. The molecule has 128 valence electrons. The van der Waals surface area contributed by atoms with Crippen molar-refractivity contribution in [3.63, 3.8) is 0 Å². The standard InChI is InChI=1S/C19H18FN3O2/c1-21-18(24)13-8-6-12(7-9-13)11-23(2)19(25)17-10-14-15(20)4-3-5-16(14)22-17/h3-10,22H,11H2,1-2H3,(H,21,24). The summed E-state index contributed by atoms with van der Waals surface area (Å²) in [6.07, 6.45) is 0. The first-order chi connectivity index (χ1) is 12.0. The summed E-state index contributed by atoms with van der Waals surface area (Å²) in [7, 11) is 3.25. The summed E-state index contributed by atoms with van der Waals surface area (Å²) in [6.45, 7) is 0.380. The Balaban J connectivity index is 1.75. The van der Waals surface area contributed by atoms with Crippen LogP contribution in [-0.2, 0) is 6.54 Å². The van der Waals surface area contributed by atoms with Crippen LogP contribution in [0.4, 0.5) is 4.39 Å². The summed E-state index contributed by atoms with van der Waals surface area (Å²) in [4.78, 5) is 28.6. The number of benzene rings is 2. The van der Waals surface area contributed by atoms with Crippen molar-refractivity contribution in [1.29, 1.82) is 0 Å². The Morgan fingerprint density at radius 3 is 2.52 bits per heavy atom. The van der Waals surface area contributed by atoms with E-state index in [2.05, 4.69) is 10.3 Å². The highest BCUT2D eigenvalue weighted by Gasteiger charge is 2.16. The third-order valence-electron chi connectivity index (χ3n) is 4.05. The van der Waals surface area contributed by atoms with Gasteiger partial charge >= 0.3 is 0 Å². The lowest BCUT2D eigenvalue weighted by atomic mass is 10.1. The Morgan fingerprint density at radius 1 is 1.16 bits per heavy atom. The maximum Gasteiger partial charge on any atom is 0.270 e. The molecule has 0 atom stereocenters. The van der Waals surface area contributed by atoms with Gasteiger partial charge in [0.25, 0.3) is 11.8 Å². The number of aromatic amines is 1. The van der Waals surface area contributed by atoms with Gasteiger partial charge in [-0.25, -0.2) is 4.39 Å². The van der Waals surface area contributed by atoms with E-state index in [0.29, 0.717) is 28.7 Å². The lowest BCUT2D eigenvalue weighted by molar-refractivity contribution is 0.0780. The van der Waals surface area contributed by atoms with Crippen LogP contribution in [0, 0.1) is 5.82 Å². The molecule has 0 saturated heterocycles. The van der Waals surface area contributed by atoms with Crippen molar-refractivity contribution < 1.29 is 14.0 Å². The highest BCUT2D eigenvalue weighted by Crippen LogP contribution is 2.20. The number of nitrogens with one attached hydrogen (secondary N) is 2. The molecule has 2 aromatic carbocycles. The molecular formula is C19H18FN3O2. The topological polar surface area (TPSA) is 65.2 Å². The van der Waals surface area contributed by atoms with Crippen molar-refractivity contribution in [3.05, 3.63) is 71.2 Å². The Morgan fingerprint density at radius 2 is 1.88 bits per heavy atom. The number of fused-ring (bicyclic) bond motifs is 1. The molecule has 0 radical (unpaired) electrons. The smallest absolute Gasteiger partial charge is 0.270 e. The quantitative estimate of drug-likeness (QED) is 0.767. The molecule has 0 aliphatic rings. The number of H-pyrrole nitrogens is 1. The maximum absolute atomic E-state index is 13.8. The van der Waals surface area contributed by atoms with Gasteiger partial charge in [-0.1, -0.05) is 18.2 Å². The summed E-state index contributed by atoms with van der Waals surface area (Å²) in [6, 6.07) is 13.3. The molecular weight excluding hydrogens is 321 g/mol. The molecule has 5 nitrogen and oxygen atoms in total. The zero-order chi connectivity index (χ0) is 18.0. The van der Waals surface area contributed by atoms with Crippen LogP contribution in [0.15, 0.2) is 48.5 Å². The van der Waals surface area contributed by atoms with Gasteiger partial charge in [0.1, 0.15) is 11.5 Å². The first-order valence-electron chi connectivity index (χ1n) is 7.83. The summed E-state index contributed by atoms with van der Waals surface area (Å²) in [5.74, 6) is -0.748. The monoisotopic (exact) mass is 339 g/mol. The zero-order valence-corrected chi connectivity index (χ0v) is 14.0. The van der Waals surface area contributed by atoms with Gasteiger partial charge < -0.3 is 15.2 Å². The molecule has 2 amide bonds. The fourth-order valence-electron chi connectivity index (χ4n) is 2.69. The number of halogens is 1. The van der Waals surface area contributed by atoms with Crippen molar-refractivity contribution in [2.45, 2.75) is 6.54 Å². The van der Waals surface area contributed by atoms with E-state index in [0.717, 1.165) is 5.56 Å². The number of carbonyl (C=O) groups excluding carboxylic acids is 2. The highest BCUT2D eigenvalue weighted by atomic mass is 19.1. The van der Waals surface area contributed by atoms with Crippen molar-refractivity contribution >= 4 is 22.7 Å². The zero-order valence-electron chi connectivity index (χ0n) is 14.0. The third-order valence-corrected chi connectivity index (χ3v) is 4.05. The second kappa shape index (κ2) is 6.76. The second-order valence-corrected chi connectivity index (χ2v) is 5.82. The third kappa shape index (κ3) is 3.38. The molecule has 0 unspecified atom stereocenters. The molecule has 0 spiro atoms. The lowest BCUT2D eigenvalue weighted by Gasteiger charge is -2.16. The van der Waals surface area contributed by atoms with Crippen LogP contribution in [0.3, 0.4) is 0 Å². The predicted molar refractivity (Wildman–Crippen MR) is 93.9 cm³/mol. The molecule has 3 rings (SSSR count). The number of aromatic nitrogens is 1. The normalized spacial score (nSPS) is 10.7. The lowest BCUT2D eigenvalue weighted by Crippen LogP contribution is -2.26. The van der Waals surface area contributed by atoms with E-state index in [4.69, 9.17) is 0 Å². The van der Waals surface area contributed by atoms with Crippen LogP contribution in [0.1, 0.15) is 26.4 Å². The molecule has 6 heteroatoms. The van der Waals surface area contributed by atoms with E-state index >= 15 is 0 Å². The number of carbonyl (C=O) groups is 2. The molecule has 0 aliphatic heterocycles. The molecule has 0 bridgehead atoms. The Labute approximate surface area is 144 Å². The number of hydrogen-bond acceptors (Lipinski definition) is 2. The van der Waals surface area contributed by atoms with Crippen molar-refractivity contribution in [2.75, 3.05) is 14.1 Å². The summed E-state index contributed by atoms with van der Waals surface area (Å²) >= 11 is 0. The Bertz CT molecular complexity index is 931. The van der Waals surface area contributed by atoms with Crippen LogP contribution in [-0.4, -0.2) is 35.8 Å². The van der Waals surface area contributed by atoms with E-state index in [1.54, 1.807) is 50.5 Å². The number of amides is 2. The number of rotatable bonds is 4. The molecule has 3 aromatic rings. The Kier molecular flexibility index (Phi) is 4.52. The second-order valence-electron chi connectivity index (χ2n) is 5.82. The van der Waals surface area contributed by atoms with Gasteiger partial charge in [-0.3, -0.25) is 9.59 Å². The first-order valence-corrected chi connectivity index (χ1v) is 7.83. The molecule has 0 fully saturated rings. The summed E-state index contributed by atoms with van der Waals surface area (Å²) in [5.41, 5.74) is 2.38. The molecule has 1 aromatic heterocycles. The fourth-order valence-corrected chi connectivity index (χ4v) is 2.69. The summed E-state index contributed by atoms with van der Waals surface area (Å²) < 4.78 is 13.8. The minimum atomic E-state index is -0.361. The van der Waals surface area contributed by atoms with Crippen molar-refractivity contribution in [2.24, 2.45) is 0 Å². The van der Waals surface area contributed by atoms with Gasteiger partial charge in [0, 0.05) is 37.1 Å². The molecule has 0 saturated carbocycles. The minimum Gasteiger partial charge on any atom is -0.355 e. The largest absolute Gasteiger partial charge is 0.355 e. The SMILES string of the molecule is CNC(=O)c1ccc(CN(C)C(=O)c2cc3c(F)cccc3[nH]2)cc1. The minimum absolute atomic E-state index is 0.156. The Hall–Kier alpha value is -3.15. The highest BCUT2D eigenvalue weighted by molar-refractivity contribution is 5.98. The van der Waals surface area contributed by atoms with E-state index in [1.807, 2.05) is 0 Å². The maximum atomic E-state index is 13.8. The van der Waals surface area contributed by atoms with Gasteiger partial charge in [0.15, 0.2) is 0 Å². The molecule has 1 heterocycles. The van der Waals surface area contributed by atoms with Crippen LogP contribution < -0.4 is 5.32 Å². The fraction of sp³-hybridized carbons (Fsp3) is 0.158. The van der Waals surface area contributed by atoms with Gasteiger partial charge in [0.05, 0.1) is 0 Å². The van der Waals surface area contributed by atoms with Crippen molar-refractivity contribution in [1.82, 2.24) is 15.2 Å². The molecule has 0 aliphatic carbocycles. The van der Waals surface area contributed by atoms with Crippen LogP contribution >= 0.6 is 0 Å². The van der Waals surface area contributed by atoms with Crippen LogP contribution in [0.2, 0.25) is 0 Å². The number of hydrogen-bond donors (Lipinski definition) is 2. The van der Waals surface area contributed by atoms with E-state index in [9.17, 15) is 14.0 Å². The van der Waals surface area contributed by atoms with E-state index in [1.165, 1.54) is 17.0 Å². The van der Waals surface area contributed by atoms with E-state index < -0.39 is 0 Å². The van der Waals surface area contributed by atoms with E-state index in [-0.39, 0.29) is 17.6 Å². The number of nitrogens with zero attached hydrogens (tertiary/aromatic N) is 1. The molecule has 25 heavy (non-hydrogen) atoms. The van der Waals surface area contributed by atoms with Crippen molar-refractivity contribution in [3.8, 4) is 0 Å². The van der Waals surface area contributed by atoms with Gasteiger partial charge in [-0.15, -0.1) is 0 Å². The first kappa shape index (κ1) is 16.7. The average molecular weight is 339 g/mol. The van der Waals surface area contributed by atoms with Crippen LogP contribution in [0.25, 0.3) is 10.9 Å². The summed E-state index contributed by atoms with van der Waals surface area (Å²) in [5, 5.41) is 2.96. The van der Waals surface area contributed by atoms with Crippen LogP contribution in [0.5, 0.6) is 0 Å².